The topological polar surface area (TPSA) is 111 Å². The van der Waals surface area contributed by atoms with Gasteiger partial charge in [0.1, 0.15) is 5.69 Å². The van der Waals surface area contributed by atoms with Crippen LogP contribution in [0.25, 0.3) is 0 Å². The summed E-state index contributed by atoms with van der Waals surface area (Å²) in [5.74, 6) is 0.567. The lowest BCUT2D eigenvalue weighted by Gasteiger charge is -2.10. The molecule has 0 unspecified atom stereocenters. The van der Waals surface area contributed by atoms with Crippen LogP contribution < -0.4 is 10.6 Å². The van der Waals surface area contributed by atoms with Crippen LogP contribution in [0.15, 0.2) is 12.3 Å². The fraction of sp³-hybridized carbons (Fsp3) is 0.417. The van der Waals surface area contributed by atoms with Gasteiger partial charge in [-0.25, -0.2) is 4.98 Å². The lowest BCUT2D eigenvalue weighted by atomic mass is 10.3. The van der Waals surface area contributed by atoms with Crippen LogP contribution in [0, 0.1) is 17.0 Å². The Morgan fingerprint density at radius 2 is 2.14 bits per heavy atom. The maximum atomic E-state index is 11.2. The number of hydrogen-bond acceptors (Lipinski definition) is 7. The van der Waals surface area contributed by atoms with Gasteiger partial charge < -0.3 is 10.6 Å². The van der Waals surface area contributed by atoms with Gasteiger partial charge in [-0.3, -0.25) is 14.8 Å². The van der Waals surface area contributed by atoms with E-state index in [0.29, 0.717) is 24.7 Å². The predicted molar refractivity (Wildman–Crippen MR) is 78.1 cm³/mol. The Balaban J connectivity index is 2.30. The van der Waals surface area contributed by atoms with Crippen LogP contribution in [-0.2, 0) is 13.6 Å². The number of nitro groups is 1. The van der Waals surface area contributed by atoms with E-state index in [0.717, 1.165) is 5.69 Å². The highest BCUT2D eigenvalue weighted by Gasteiger charge is 2.22. The van der Waals surface area contributed by atoms with E-state index in [1.54, 1.807) is 24.9 Å². The number of anilines is 2. The zero-order valence-electron chi connectivity index (χ0n) is 12.1. The molecule has 2 rings (SSSR count). The van der Waals surface area contributed by atoms with E-state index in [4.69, 9.17) is 0 Å². The average Bonchev–Trinajstić information content (AvgIpc) is 2.81. The van der Waals surface area contributed by atoms with Crippen LogP contribution in [0.2, 0.25) is 0 Å². The fourth-order valence-electron chi connectivity index (χ4n) is 1.90. The average molecular weight is 291 g/mol. The molecule has 0 saturated heterocycles. The predicted octanol–water partition coefficient (Wildman–Crippen LogP) is 1.47. The highest BCUT2D eigenvalue weighted by atomic mass is 16.6. The molecule has 2 aromatic rings. The van der Waals surface area contributed by atoms with Gasteiger partial charge >= 0.3 is 5.69 Å². The Bertz CT molecular complexity index is 653. The summed E-state index contributed by atoms with van der Waals surface area (Å²) >= 11 is 0. The second-order valence-electron chi connectivity index (χ2n) is 4.42. The fourth-order valence-corrected chi connectivity index (χ4v) is 1.90. The molecule has 9 nitrogen and oxygen atoms in total. The molecular formula is C12H17N7O2. The molecule has 0 amide bonds. The number of nitrogens with one attached hydrogen (secondary N) is 2. The third kappa shape index (κ3) is 3.25. The molecule has 21 heavy (non-hydrogen) atoms. The molecule has 0 atom stereocenters. The van der Waals surface area contributed by atoms with E-state index < -0.39 is 4.92 Å². The molecule has 112 valence electrons. The minimum atomic E-state index is -0.476. The van der Waals surface area contributed by atoms with Gasteiger partial charge in [0.15, 0.2) is 0 Å². The van der Waals surface area contributed by atoms with Crippen molar-refractivity contribution in [3.05, 3.63) is 33.8 Å². The van der Waals surface area contributed by atoms with E-state index in [1.165, 1.54) is 0 Å². The Morgan fingerprint density at radius 3 is 2.71 bits per heavy atom. The zero-order chi connectivity index (χ0) is 15.4. The van der Waals surface area contributed by atoms with E-state index in [1.807, 2.05) is 13.0 Å². The van der Waals surface area contributed by atoms with Crippen molar-refractivity contribution >= 4 is 17.5 Å². The van der Waals surface area contributed by atoms with Gasteiger partial charge in [0, 0.05) is 19.8 Å². The van der Waals surface area contributed by atoms with Gasteiger partial charge in [-0.05, 0) is 19.9 Å². The summed E-state index contributed by atoms with van der Waals surface area (Å²) in [7, 11) is 1.81. The van der Waals surface area contributed by atoms with Crippen LogP contribution in [0.4, 0.5) is 17.5 Å². The van der Waals surface area contributed by atoms with E-state index in [2.05, 4.69) is 25.7 Å². The van der Waals surface area contributed by atoms with Gasteiger partial charge in [0.25, 0.3) is 0 Å². The highest BCUT2D eigenvalue weighted by Crippen LogP contribution is 2.26. The summed E-state index contributed by atoms with van der Waals surface area (Å²) in [6, 6.07) is 1.83. The maximum absolute atomic E-state index is 11.2. The molecule has 2 aromatic heterocycles. The number of aryl methyl sites for hydroxylation is 2. The molecule has 0 bridgehead atoms. The molecule has 0 saturated carbocycles. The SMILES string of the molecule is CCNc1nc(C)c([N+](=O)[O-])c(NCc2ccnn2C)n1. The second-order valence-corrected chi connectivity index (χ2v) is 4.42. The third-order valence-electron chi connectivity index (χ3n) is 2.94. The minimum Gasteiger partial charge on any atom is -0.359 e. The molecule has 9 heteroatoms. The largest absolute Gasteiger partial charge is 0.359 e. The third-order valence-corrected chi connectivity index (χ3v) is 2.94. The summed E-state index contributed by atoms with van der Waals surface area (Å²) in [5, 5.41) is 21.2. The molecule has 0 fully saturated rings. The summed E-state index contributed by atoms with van der Waals surface area (Å²) in [5.41, 5.74) is 1.10. The van der Waals surface area contributed by atoms with E-state index in [-0.39, 0.29) is 11.5 Å². The van der Waals surface area contributed by atoms with Crippen molar-refractivity contribution in [2.75, 3.05) is 17.2 Å². The first-order valence-corrected chi connectivity index (χ1v) is 6.50. The first kappa shape index (κ1) is 14.7. The van der Waals surface area contributed by atoms with Crippen molar-refractivity contribution in [1.82, 2.24) is 19.7 Å². The maximum Gasteiger partial charge on any atom is 0.332 e. The Morgan fingerprint density at radius 1 is 1.38 bits per heavy atom. The number of rotatable bonds is 6. The number of nitrogens with zero attached hydrogens (tertiary/aromatic N) is 5. The second kappa shape index (κ2) is 6.16. The number of hydrogen-bond donors (Lipinski definition) is 2. The molecule has 0 aliphatic heterocycles. The lowest BCUT2D eigenvalue weighted by molar-refractivity contribution is -0.385. The molecular weight excluding hydrogens is 274 g/mol. The van der Waals surface area contributed by atoms with Crippen LogP contribution in [0.3, 0.4) is 0 Å². The molecule has 0 aromatic carbocycles. The molecule has 2 heterocycles. The first-order chi connectivity index (χ1) is 10.0. The Hall–Kier alpha value is -2.71. The van der Waals surface area contributed by atoms with Crippen LogP contribution in [0.5, 0.6) is 0 Å². The quantitative estimate of drug-likeness (QED) is 0.612. The first-order valence-electron chi connectivity index (χ1n) is 6.50. The van der Waals surface area contributed by atoms with Gasteiger partial charge in [0.2, 0.25) is 11.8 Å². The summed E-state index contributed by atoms with van der Waals surface area (Å²) in [4.78, 5) is 19.0. The van der Waals surface area contributed by atoms with Crippen molar-refractivity contribution in [2.45, 2.75) is 20.4 Å². The van der Waals surface area contributed by atoms with Gasteiger partial charge in [-0.2, -0.15) is 10.1 Å². The smallest absolute Gasteiger partial charge is 0.332 e. The van der Waals surface area contributed by atoms with Gasteiger partial charge in [-0.15, -0.1) is 0 Å². The van der Waals surface area contributed by atoms with Crippen molar-refractivity contribution in [1.29, 1.82) is 0 Å². The lowest BCUT2D eigenvalue weighted by Crippen LogP contribution is -2.12. The summed E-state index contributed by atoms with van der Waals surface area (Å²) in [6.45, 7) is 4.52. The standard InChI is InChI=1S/C12H17N7O2/c1-4-13-12-16-8(2)10(19(20)21)11(17-12)14-7-9-5-6-15-18(9)3/h5-6H,4,7H2,1-3H3,(H2,13,14,16,17). The van der Waals surface area contributed by atoms with Gasteiger partial charge in [0.05, 0.1) is 17.2 Å². The van der Waals surface area contributed by atoms with Crippen molar-refractivity contribution in [3.8, 4) is 0 Å². The summed E-state index contributed by atoms with van der Waals surface area (Å²) < 4.78 is 1.69. The zero-order valence-corrected chi connectivity index (χ0v) is 12.1. The normalized spacial score (nSPS) is 10.4. The minimum absolute atomic E-state index is 0.112. The molecule has 0 aliphatic rings. The number of aromatic nitrogens is 4. The van der Waals surface area contributed by atoms with E-state index >= 15 is 0 Å². The van der Waals surface area contributed by atoms with Crippen molar-refractivity contribution in [3.63, 3.8) is 0 Å². The van der Waals surface area contributed by atoms with Crippen LogP contribution >= 0.6 is 0 Å². The molecule has 0 spiro atoms. The molecule has 0 radical (unpaired) electrons. The molecule has 2 N–H and O–H groups in total. The van der Waals surface area contributed by atoms with Crippen molar-refractivity contribution in [2.24, 2.45) is 7.05 Å². The Kier molecular flexibility index (Phi) is 4.31. The van der Waals surface area contributed by atoms with Crippen molar-refractivity contribution < 1.29 is 4.92 Å². The van der Waals surface area contributed by atoms with E-state index in [9.17, 15) is 10.1 Å². The Labute approximate surface area is 121 Å². The monoisotopic (exact) mass is 291 g/mol. The highest BCUT2D eigenvalue weighted by molar-refractivity contribution is 5.60. The molecule has 0 aliphatic carbocycles. The van der Waals surface area contributed by atoms with Crippen LogP contribution in [-0.4, -0.2) is 31.2 Å². The van der Waals surface area contributed by atoms with Crippen LogP contribution in [0.1, 0.15) is 18.3 Å². The summed E-state index contributed by atoms with van der Waals surface area (Å²) in [6.07, 6.45) is 1.67. The van der Waals surface area contributed by atoms with Gasteiger partial charge in [-0.1, -0.05) is 0 Å².